The quantitative estimate of drug-likeness (QED) is 0.898. The highest BCUT2D eigenvalue weighted by molar-refractivity contribution is 6.00. The van der Waals surface area contributed by atoms with Crippen molar-refractivity contribution in [1.29, 1.82) is 0 Å². The summed E-state index contributed by atoms with van der Waals surface area (Å²) < 4.78 is 6.55. The molecule has 0 radical (unpaired) electrons. The van der Waals surface area contributed by atoms with Crippen molar-refractivity contribution >= 4 is 17.5 Å². The Bertz CT molecular complexity index is 667. The minimum atomic E-state index is -0.326. The minimum Gasteiger partial charge on any atom is -0.479 e. The highest BCUT2D eigenvalue weighted by atomic mass is 16.5. The number of hydrogen-bond acceptors (Lipinski definition) is 4. The predicted molar refractivity (Wildman–Crippen MR) is 81.8 cm³/mol. The van der Waals surface area contributed by atoms with Gasteiger partial charge in [0.2, 0.25) is 11.8 Å². The Labute approximate surface area is 128 Å². The van der Waals surface area contributed by atoms with Crippen LogP contribution in [0.5, 0.6) is 5.88 Å². The van der Waals surface area contributed by atoms with Crippen LogP contribution in [0.2, 0.25) is 0 Å². The molecule has 1 heterocycles. The number of benzene rings is 1. The number of methoxy groups -OCH3 is 1. The van der Waals surface area contributed by atoms with Crippen molar-refractivity contribution in [3.63, 3.8) is 0 Å². The topological polar surface area (TPSA) is 76.5 Å². The molecule has 0 saturated heterocycles. The highest BCUT2D eigenvalue weighted by Gasteiger charge is 2.21. The number of aryl methyl sites for hydroxylation is 1. The molecule has 0 aliphatic heterocycles. The van der Waals surface area contributed by atoms with Crippen LogP contribution >= 0.6 is 0 Å². The van der Waals surface area contributed by atoms with Crippen LogP contribution in [-0.4, -0.2) is 47.2 Å². The third-order valence-corrected chi connectivity index (χ3v) is 3.00. The van der Waals surface area contributed by atoms with E-state index >= 15 is 0 Å². The van der Waals surface area contributed by atoms with Gasteiger partial charge in [0.05, 0.1) is 13.7 Å². The normalized spacial score (nSPS) is 10.1. The van der Waals surface area contributed by atoms with E-state index in [4.69, 9.17) is 4.74 Å². The standard InChI is InChI=1S/C15H18N4O3/c1-18(10-13(20)16-11-7-5-4-6-8-11)15(21)12-9-19(2)17-14(12)22-3/h4-9H,10H2,1-3H3,(H,16,20). The maximum atomic E-state index is 12.3. The number of carbonyl (C=O) groups excluding carboxylic acids is 2. The Morgan fingerprint density at radius 2 is 2.00 bits per heavy atom. The van der Waals surface area contributed by atoms with Crippen LogP contribution in [0.4, 0.5) is 5.69 Å². The van der Waals surface area contributed by atoms with Gasteiger partial charge in [0, 0.05) is 26.0 Å². The van der Waals surface area contributed by atoms with Crippen molar-refractivity contribution in [3.8, 4) is 5.88 Å². The van der Waals surface area contributed by atoms with E-state index in [1.807, 2.05) is 18.2 Å². The number of anilines is 1. The van der Waals surface area contributed by atoms with Gasteiger partial charge in [-0.05, 0) is 12.1 Å². The summed E-state index contributed by atoms with van der Waals surface area (Å²) in [5, 5.41) is 6.75. The first-order valence-corrected chi connectivity index (χ1v) is 6.69. The summed E-state index contributed by atoms with van der Waals surface area (Å²) in [6, 6.07) is 9.07. The van der Waals surface area contributed by atoms with E-state index < -0.39 is 0 Å². The number of ether oxygens (including phenoxy) is 1. The average molecular weight is 302 g/mol. The SMILES string of the molecule is COc1nn(C)cc1C(=O)N(C)CC(=O)Nc1ccccc1. The summed E-state index contributed by atoms with van der Waals surface area (Å²) in [6.07, 6.45) is 1.56. The molecule has 0 aliphatic rings. The first-order valence-electron chi connectivity index (χ1n) is 6.69. The lowest BCUT2D eigenvalue weighted by Gasteiger charge is -2.16. The number of nitrogens with one attached hydrogen (secondary N) is 1. The lowest BCUT2D eigenvalue weighted by Crippen LogP contribution is -2.35. The van der Waals surface area contributed by atoms with Crippen molar-refractivity contribution in [2.45, 2.75) is 0 Å². The molecule has 0 atom stereocenters. The molecule has 22 heavy (non-hydrogen) atoms. The summed E-state index contributed by atoms with van der Waals surface area (Å²) in [5.74, 6) is -0.360. The zero-order valence-corrected chi connectivity index (χ0v) is 12.7. The molecule has 116 valence electrons. The molecule has 0 fully saturated rings. The molecule has 2 rings (SSSR count). The molecule has 0 spiro atoms. The van der Waals surface area contributed by atoms with Gasteiger partial charge >= 0.3 is 0 Å². The van der Waals surface area contributed by atoms with Crippen LogP contribution in [0, 0.1) is 0 Å². The second kappa shape index (κ2) is 6.75. The molecule has 0 bridgehead atoms. The molecule has 1 aromatic heterocycles. The molecule has 7 heteroatoms. The van der Waals surface area contributed by atoms with E-state index in [9.17, 15) is 9.59 Å². The van der Waals surface area contributed by atoms with Gasteiger partial charge in [0.15, 0.2) is 0 Å². The zero-order valence-electron chi connectivity index (χ0n) is 12.7. The fraction of sp³-hybridized carbons (Fsp3) is 0.267. The number of carbonyl (C=O) groups is 2. The molecule has 1 aromatic carbocycles. The lowest BCUT2D eigenvalue weighted by atomic mass is 10.3. The molecule has 0 unspecified atom stereocenters. The second-order valence-electron chi connectivity index (χ2n) is 4.80. The van der Waals surface area contributed by atoms with Crippen LogP contribution in [-0.2, 0) is 11.8 Å². The van der Waals surface area contributed by atoms with Gasteiger partial charge in [-0.3, -0.25) is 14.3 Å². The number of hydrogen-bond donors (Lipinski definition) is 1. The third-order valence-electron chi connectivity index (χ3n) is 3.00. The van der Waals surface area contributed by atoms with E-state index in [1.165, 1.54) is 16.7 Å². The van der Waals surface area contributed by atoms with Crippen molar-refractivity contribution in [2.75, 3.05) is 26.0 Å². The molecule has 2 aromatic rings. The van der Waals surface area contributed by atoms with Gasteiger partial charge in [-0.1, -0.05) is 18.2 Å². The molecule has 1 N–H and O–H groups in total. The van der Waals surface area contributed by atoms with Gasteiger partial charge in [0.25, 0.3) is 5.91 Å². The fourth-order valence-electron chi connectivity index (χ4n) is 1.98. The number of aromatic nitrogens is 2. The van der Waals surface area contributed by atoms with Gasteiger partial charge in [-0.2, -0.15) is 0 Å². The van der Waals surface area contributed by atoms with Gasteiger partial charge in [-0.25, -0.2) is 0 Å². The fourth-order valence-corrected chi connectivity index (χ4v) is 1.98. The van der Waals surface area contributed by atoms with Crippen molar-refractivity contribution < 1.29 is 14.3 Å². The largest absolute Gasteiger partial charge is 0.479 e. The van der Waals surface area contributed by atoms with E-state index in [0.29, 0.717) is 11.3 Å². The number of amides is 2. The van der Waals surface area contributed by atoms with Crippen LogP contribution in [0.3, 0.4) is 0 Å². The zero-order chi connectivity index (χ0) is 16.1. The molecule has 0 aliphatic carbocycles. The third kappa shape index (κ3) is 3.63. The Hall–Kier alpha value is -2.83. The molecule has 0 saturated carbocycles. The smallest absolute Gasteiger partial charge is 0.261 e. The van der Waals surface area contributed by atoms with Gasteiger partial charge in [-0.15, -0.1) is 5.10 Å². The minimum absolute atomic E-state index is 0.0637. The number of rotatable bonds is 5. The van der Waals surface area contributed by atoms with Crippen LogP contribution in [0.25, 0.3) is 0 Å². The molecular formula is C15H18N4O3. The van der Waals surface area contributed by atoms with Gasteiger partial charge in [0.1, 0.15) is 5.56 Å². The van der Waals surface area contributed by atoms with E-state index in [-0.39, 0.29) is 24.2 Å². The maximum Gasteiger partial charge on any atom is 0.261 e. The average Bonchev–Trinajstić information content (AvgIpc) is 2.88. The Morgan fingerprint density at radius 1 is 1.32 bits per heavy atom. The van der Waals surface area contributed by atoms with Crippen LogP contribution < -0.4 is 10.1 Å². The Kier molecular flexibility index (Phi) is 4.77. The summed E-state index contributed by atoms with van der Waals surface area (Å²) in [4.78, 5) is 25.6. The first kappa shape index (κ1) is 15.6. The Balaban J connectivity index is 2.00. The molecule has 7 nitrogen and oxygen atoms in total. The number of para-hydroxylation sites is 1. The number of likely N-dealkylation sites (N-methyl/N-ethyl adjacent to an activating group) is 1. The van der Waals surface area contributed by atoms with Crippen molar-refractivity contribution in [2.24, 2.45) is 7.05 Å². The second-order valence-corrected chi connectivity index (χ2v) is 4.80. The molecular weight excluding hydrogens is 284 g/mol. The first-order chi connectivity index (χ1) is 10.5. The maximum absolute atomic E-state index is 12.3. The van der Waals surface area contributed by atoms with Gasteiger partial charge < -0.3 is 15.0 Å². The van der Waals surface area contributed by atoms with E-state index in [0.717, 1.165) is 0 Å². The summed E-state index contributed by atoms with van der Waals surface area (Å²) in [5.41, 5.74) is 1.01. The van der Waals surface area contributed by atoms with Crippen LogP contribution in [0.15, 0.2) is 36.5 Å². The predicted octanol–water partition coefficient (Wildman–Crippen LogP) is 1.14. The van der Waals surface area contributed by atoms with Crippen LogP contribution in [0.1, 0.15) is 10.4 Å². The lowest BCUT2D eigenvalue weighted by molar-refractivity contribution is -0.116. The van der Waals surface area contributed by atoms with E-state index in [1.54, 1.807) is 32.4 Å². The molecule has 2 amide bonds. The van der Waals surface area contributed by atoms with Crippen molar-refractivity contribution in [3.05, 3.63) is 42.1 Å². The van der Waals surface area contributed by atoms with Crippen molar-refractivity contribution in [1.82, 2.24) is 14.7 Å². The Morgan fingerprint density at radius 3 is 2.64 bits per heavy atom. The summed E-state index contributed by atoms with van der Waals surface area (Å²) in [6.45, 7) is -0.0637. The van der Waals surface area contributed by atoms with E-state index in [2.05, 4.69) is 10.4 Å². The highest BCUT2D eigenvalue weighted by Crippen LogP contribution is 2.16. The summed E-state index contributed by atoms with van der Waals surface area (Å²) in [7, 11) is 4.70. The number of nitrogens with zero attached hydrogens (tertiary/aromatic N) is 3. The monoisotopic (exact) mass is 302 g/mol. The summed E-state index contributed by atoms with van der Waals surface area (Å²) >= 11 is 0.